The van der Waals surface area contributed by atoms with Gasteiger partial charge in [-0.05, 0) is 25.0 Å². The third-order valence-corrected chi connectivity index (χ3v) is 4.16. The summed E-state index contributed by atoms with van der Waals surface area (Å²) in [5, 5.41) is 2.92. The fraction of sp³-hybridized carbons (Fsp3) is 0.500. The smallest absolute Gasteiger partial charge is 0.255 e. The first-order chi connectivity index (χ1) is 8.45. The minimum Gasteiger partial charge on any atom is -0.496 e. The van der Waals surface area contributed by atoms with E-state index in [-0.39, 0.29) is 10.7 Å². The van der Waals surface area contributed by atoms with Crippen molar-refractivity contribution in [3.63, 3.8) is 0 Å². The number of hydrogen-bond donors (Lipinski definition) is 1. The highest BCUT2D eigenvalue weighted by molar-refractivity contribution is 9.09. The lowest BCUT2D eigenvalue weighted by Crippen LogP contribution is -2.32. The Morgan fingerprint density at radius 2 is 2.11 bits per heavy atom. The lowest BCUT2D eigenvalue weighted by atomic mass is 10.1. The molecule has 0 aromatic heterocycles. The largest absolute Gasteiger partial charge is 0.496 e. The summed E-state index contributed by atoms with van der Waals surface area (Å²) in [7, 11) is 1.57. The summed E-state index contributed by atoms with van der Waals surface area (Å²) in [5.74, 6) is 0.985. The number of nitrogens with one attached hydrogen (secondary N) is 1. The number of hydrogen-bond acceptors (Lipinski definition) is 2. The van der Waals surface area contributed by atoms with Gasteiger partial charge < -0.3 is 10.1 Å². The molecular weight excluding hydrogens is 294 g/mol. The number of carbonyl (C=O) groups excluding carboxylic acids is 1. The molecule has 0 saturated heterocycles. The summed E-state index contributed by atoms with van der Waals surface area (Å²) in [6, 6.07) is 5.59. The van der Waals surface area contributed by atoms with Crippen LogP contribution < -0.4 is 10.1 Å². The highest BCUT2D eigenvalue weighted by atomic mass is 79.9. The van der Waals surface area contributed by atoms with Crippen molar-refractivity contribution in [2.45, 2.75) is 25.6 Å². The van der Waals surface area contributed by atoms with Crippen LogP contribution >= 0.6 is 15.9 Å². The minimum atomic E-state index is -0.0966. The molecule has 1 aromatic carbocycles. The second kappa shape index (κ2) is 6.78. The van der Waals surface area contributed by atoms with Crippen LogP contribution in [0.2, 0.25) is 0 Å². The number of halogens is 1. The zero-order valence-electron chi connectivity index (χ0n) is 11.3. The molecular formula is C14H20BrNO2. The van der Waals surface area contributed by atoms with Gasteiger partial charge in [0.2, 0.25) is 0 Å². The highest BCUT2D eigenvalue weighted by Gasteiger charge is 2.15. The maximum atomic E-state index is 12.1. The van der Waals surface area contributed by atoms with Crippen molar-refractivity contribution in [1.82, 2.24) is 5.32 Å². The Morgan fingerprint density at radius 3 is 2.67 bits per heavy atom. The van der Waals surface area contributed by atoms with E-state index in [4.69, 9.17) is 4.74 Å². The van der Waals surface area contributed by atoms with Crippen LogP contribution in [0.5, 0.6) is 5.75 Å². The molecule has 0 radical (unpaired) electrons. The van der Waals surface area contributed by atoms with Crippen molar-refractivity contribution in [3.8, 4) is 5.75 Å². The number of amides is 1. The minimum absolute atomic E-state index is 0.0966. The average Bonchev–Trinajstić information content (AvgIpc) is 2.35. The Hall–Kier alpha value is -1.03. The zero-order valence-corrected chi connectivity index (χ0v) is 12.9. The van der Waals surface area contributed by atoms with Gasteiger partial charge in [0.05, 0.1) is 12.7 Å². The number of ether oxygens (including phenoxy) is 1. The van der Waals surface area contributed by atoms with Crippen LogP contribution in [0.4, 0.5) is 0 Å². The van der Waals surface area contributed by atoms with E-state index in [1.54, 1.807) is 7.11 Å². The van der Waals surface area contributed by atoms with Gasteiger partial charge in [-0.2, -0.15) is 0 Å². The average molecular weight is 314 g/mol. The number of methoxy groups -OCH3 is 1. The maximum Gasteiger partial charge on any atom is 0.255 e. The van der Waals surface area contributed by atoms with E-state index >= 15 is 0 Å². The number of alkyl halides is 1. The van der Waals surface area contributed by atoms with Crippen LogP contribution in [0.3, 0.4) is 0 Å². The summed E-state index contributed by atoms with van der Waals surface area (Å²) < 4.78 is 5.20. The summed E-state index contributed by atoms with van der Waals surface area (Å²) >= 11 is 3.55. The van der Waals surface area contributed by atoms with Crippen LogP contribution in [-0.2, 0) is 0 Å². The molecule has 0 heterocycles. The molecule has 0 spiro atoms. The SMILES string of the molecule is COc1ccc(C)cc1C(=O)NCC(Br)C(C)C. The third-order valence-electron chi connectivity index (χ3n) is 2.78. The summed E-state index contributed by atoms with van der Waals surface area (Å²) in [4.78, 5) is 12.4. The Kier molecular flexibility index (Phi) is 5.66. The molecule has 18 heavy (non-hydrogen) atoms. The van der Waals surface area contributed by atoms with Gasteiger partial charge in [-0.15, -0.1) is 0 Å². The summed E-state index contributed by atoms with van der Waals surface area (Å²) in [6.07, 6.45) is 0. The van der Waals surface area contributed by atoms with Crippen LogP contribution in [0.1, 0.15) is 29.8 Å². The molecule has 100 valence electrons. The van der Waals surface area contributed by atoms with Crippen LogP contribution in [-0.4, -0.2) is 24.4 Å². The van der Waals surface area contributed by atoms with Crippen LogP contribution in [0.25, 0.3) is 0 Å². The van der Waals surface area contributed by atoms with Crippen molar-refractivity contribution in [1.29, 1.82) is 0 Å². The zero-order chi connectivity index (χ0) is 13.7. The molecule has 0 fully saturated rings. The first-order valence-electron chi connectivity index (χ1n) is 6.02. The lowest BCUT2D eigenvalue weighted by molar-refractivity contribution is 0.0949. The molecule has 4 heteroatoms. The lowest BCUT2D eigenvalue weighted by Gasteiger charge is -2.15. The second-order valence-corrected chi connectivity index (χ2v) is 5.85. The number of benzene rings is 1. The Labute approximate surface area is 117 Å². The van der Waals surface area contributed by atoms with Crippen LogP contribution in [0, 0.1) is 12.8 Å². The second-order valence-electron chi connectivity index (χ2n) is 4.67. The molecule has 0 aliphatic rings. The van der Waals surface area contributed by atoms with Gasteiger partial charge in [0, 0.05) is 11.4 Å². The van der Waals surface area contributed by atoms with Gasteiger partial charge in [-0.1, -0.05) is 41.4 Å². The first-order valence-corrected chi connectivity index (χ1v) is 6.94. The molecule has 0 saturated carbocycles. The molecule has 1 rings (SSSR count). The van der Waals surface area contributed by atoms with E-state index < -0.39 is 0 Å². The Bertz CT molecular complexity index is 418. The van der Waals surface area contributed by atoms with Gasteiger partial charge in [-0.25, -0.2) is 0 Å². The van der Waals surface area contributed by atoms with E-state index in [9.17, 15) is 4.79 Å². The maximum absolute atomic E-state index is 12.1. The normalized spacial score (nSPS) is 12.3. The molecule has 3 nitrogen and oxygen atoms in total. The Morgan fingerprint density at radius 1 is 1.44 bits per heavy atom. The fourth-order valence-corrected chi connectivity index (χ4v) is 1.68. The van der Waals surface area contributed by atoms with E-state index in [0.717, 1.165) is 5.56 Å². The predicted octanol–water partition coefficient (Wildman–Crippen LogP) is 3.15. The molecule has 0 aliphatic heterocycles. The van der Waals surface area contributed by atoms with E-state index in [1.807, 2.05) is 25.1 Å². The van der Waals surface area contributed by atoms with Gasteiger partial charge in [-0.3, -0.25) is 4.79 Å². The molecule has 1 aromatic rings. The Balaban J connectivity index is 2.75. The van der Waals surface area contributed by atoms with Crippen molar-refractivity contribution in [2.24, 2.45) is 5.92 Å². The molecule has 0 aliphatic carbocycles. The fourth-order valence-electron chi connectivity index (χ4n) is 1.52. The van der Waals surface area contributed by atoms with Gasteiger partial charge in [0.1, 0.15) is 5.75 Å². The highest BCUT2D eigenvalue weighted by Crippen LogP contribution is 2.19. The summed E-state index contributed by atoms with van der Waals surface area (Å²) in [5.41, 5.74) is 1.63. The quantitative estimate of drug-likeness (QED) is 0.848. The van der Waals surface area contributed by atoms with Crippen LogP contribution in [0.15, 0.2) is 18.2 Å². The molecule has 1 atom stereocenters. The predicted molar refractivity (Wildman–Crippen MR) is 77.6 cm³/mol. The summed E-state index contributed by atoms with van der Waals surface area (Å²) in [6.45, 7) is 6.78. The molecule has 1 unspecified atom stereocenters. The van der Waals surface area contributed by atoms with E-state index in [0.29, 0.717) is 23.8 Å². The first kappa shape index (κ1) is 15.0. The molecule has 0 bridgehead atoms. The molecule has 1 N–H and O–H groups in total. The third kappa shape index (κ3) is 4.02. The number of rotatable bonds is 5. The van der Waals surface area contributed by atoms with E-state index in [2.05, 4.69) is 35.1 Å². The number of carbonyl (C=O) groups is 1. The molecule has 1 amide bonds. The van der Waals surface area contributed by atoms with Crippen molar-refractivity contribution in [3.05, 3.63) is 29.3 Å². The van der Waals surface area contributed by atoms with Crippen molar-refractivity contribution >= 4 is 21.8 Å². The van der Waals surface area contributed by atoms with Gasteiger partial charge in [0.25, 0.3) is 5.91 Å². The van der Waals surface area contributed by atoms with Crippen molar-refractivity contribution < 1.29 is 9.53 Å². The van der Waals surface area contributed by atoms with Gasteiger partial charge in [0.15, 0.2) is 0 Å². The standard InChI is InChI=1S/C14H20BrNO2/c1-9(2)12(15)8-16-14(17)11-7-10(3)5-6-13(11)18-4/h5-7,9,12H,8H2,1-4H3,(H,16,17). The van der Waals surface area contributed by atoms with Crippen molar-refractivity contribution in [2.75, 3.05) is 13.7 Å². The monoisotopic (exact) mass is 313 g/mol. The number of aryl methyl sites for hydroxylation is 1. The van der Waals surface area contributed by atoms with E-state index in [1.165, 1.54) is 0 Å². The topological polar surface area (TPSA) is 38.3 Å². The van der Waals surface area contributed by atoms with Gasteiger partial charge >= 0.3 is 0 Å².